The van der Waals surface area contributed by atoms with Crippen LogP contribution in [0.2, 0.25) is 0 Å². The molecule has 0 saturated heterocycles. The van der Waals surface area contributed by atoms with E-state index in [9.17, 15) is 0 Å². The first kappa shape index (κ1) is 12.1. The van der Waals surface area contributed by atoms with Crippen molar-refractivity contribution in [2.24, 2.45) is 0 Å². The minimum atomic E-state index is 0. The Kier molecular flexibility index (Phi) is 4.54. The van der Waals surface area contributed by atoms with E-state index in [-0.39, 0.29) is 35.6 Å². The third-order valence-corrected chi connectivity index (χ3v) is 2.54. The third kappa shape index (κ3) is 2.35. The zero-order valence-electron chi connectivity index (χ0n) is 7.86. The second-order valence-corrected chi connectivity index (χ2v) is 4.02. The molecule has 0 aromatic heterocycles. The van der Waals surface area contributed by atoms with Crippen LogP contribution in [0.25, 0.3) is 6.08 Å². The zero-order chi connectivity index (χ0) is 9.26. The third-order valence-electron chi connectivity index (χ3n) is 2.07. The van der Waals surface area contributed by atoms with Gasteiger partial charge < -0.3 is 30.2 Å². The normalized spacial score (nSPS) is 17.6. The predicted molar refractivity (Wildman–Crippen MR) is 61.3 cm³/mol. The smallest absolute Gasteiger partial charge is 0.431 e. The Bertz CT molecular complexity index is 376. The van der Waals surface area contributed by atoms with Gasteiger partial charge >= 0.3 is 29.6 Å². The van der Waals surface area contributed by atoms with Gasteiger partial charge in [0.2, 0.25) is 0 Å². The van der Waals surface area contributed by atoms with Gasteiger partial charge in [0.25, 0.3) is 0 Å². The first-order valence-corrected chi connectivity index (χ1v) is 4.83. The Labute approximate surface area is 117 Å². The van der Waals surface area contributed by atoms with E-state index in [1.54, 1.807) is 0 Å². The topological polar surface area (TPSA) is 12.0 Å². The Morgan fingerprint density at radius 2 is 2.07 bits per heavy atom. The van der Waals surface area contributed by atoms with E-state index >= 15 is 0 Å². The summed E-state index contributed by atoms with van der Waals surface area (Å²) in [6, 6.07) is 8.15. The molecule has 1 aromatic carbocycles. The SMILES string of the molecule is S=C([S-])C1NC=Cc2ccccc21.[Na+]. The monoisotopic (exact) mass is 229 g/mol. The summed E-state index contributed by atoms with van der Waals surface area (Å²) in [5.74, 6) is 0. The standard InChI is InChI=1S/C10H9NS2.Na/c12-10(13)9-8-4-2-1-3-7(8)5-6-11-9;/h1-6,9,11H,(H,12,13);/q;+1/p-1. The van der Waals surface area contributed by atoms with Gasteiger partial charge in [0.15, 0.2) is 0 Å². The molecule has 14 heavy (non-hydrogen) atoms. The molecule has 0 saturated carbocycles. The molecule has 66 valence electrons. The van der Waals surface area contributed by atoms with Gasteiger partial charge in [-0.1, -0.05) is 24.3 Å². The van der Waals surface area contributed by atoms with Crippen LogP contribution in [-0.4, -0.2) is 4.20 Å². The van der Waals surface area contributed by atoms with Crippen LogP contribution >= 0.6 is 12.2 Å². The van der Waals surface area contributed by atoms with E-state index < -0.39 is 0 Å². The van der Waals surface area contributed by atoms with Gasteiger partial charge in [-0.05, 0) is 23.4 Å². The van der Waals surface area contributed by atoms with Crippen molar-refractivity contribution in [3.05, 3.63) is 41.6 Å². The van der Waals surface area contributed by atoms with E-state index in [1.165, 1.54) is 11.1 Å². The maximum atomic E-state index is 5.01. The Morgan fingerprint density at radius 1 is 1.36 bits per heavy atom. The molecule has 1 heterocycles. The fourth-order valence-corrected chi connectivity index (χ4v) is 1.83. The average Bonchev–Trinajstić information content (AvgIpc) is 2.17. The van der Waals surface area contributed by atoms with Gasteiger partial charge in [-0.15, -0.1) is 4.20 Å². The molecule has 0 aliphatic carbocycles. The van der Waals surface area contributed by atoms with Crippen molar-refractivity contribution in [1.29, 1.82) is 0 Å². The second kappa shape index (κ2) is 5.24. The summed E-state index contributed by atoms with van der Waals surface area (Å²) in [5.41, 5.74) is 2.36. The molecule has 4 heteroatoms. The van der Waals surface area contributed by atoms with Crippen LogP contribution in [0.4, 0.5) is 0 Å². The molecule has 1 unspecified atom stereocenters. The number of benzene rings is 1. The number of hydrogen-bond donors (Lipinski definition) is 1. The van der Waals surface area contributed by atoms with Crippen molar-refractivity contribution in [2.75, 3.05) is 0 Å². The zero-order valence-corrected chi connectivity index (χ0v) is 11.5. The van der Waals surface area contributed by atoms with E-state index in [1.807, 2.05) is 24.4 Å². The van der Waals surface area contributed by atoms with Crippen LogP contribution in [0, 0.1) is 0 Å². The van der Waals surface area contributed by atoms with Crippen LogP contribution in [0.1, 0.15) is 17.2 Å². The van der Waals surface area contributed by atoms with Gasteiger partial charge in [-0.2, -0.15) is 0 Å². The summed E-state index contributed by atoms with van der Waals surface area (Å²) >= 11 is 10.0. The van der Waals surface area contributed by atoms with E-state index in [2.05, 4.69) is 17.4 Å². The van der Waals surface area contributed by atoms with Gasteiger partial charge in [0.05, 0.1) is 6.04 Å². The minimum absolute atomic E-state index is 0. The molecule has 0 bridgehead atoms. The summed E-state index contributed by atoms with van der Waals surface area (Å²) in [4.78, 5) is 0. The average molecular weight is 229 g/mol. The molecule has 0 radical (unpaired) electrons. The molecule has 1 aliphatic heterocycles. The van der Waals surface area contributed by atoms with Gasteiger partial charge in [-0.25, -0.2) is 0 Å². The maximum Gasteiger partial charge on any atom is 1.00 e. The molecule has 1 aromatic rings. The Morgan fingerprint density at radius 3 is 2.79 bits per heavy atom. The van der Waals surface area contributed by atoms with E-state index in [0.717, 1.165) is 0 Å². The summed E-state index contributed by atoms with van der Waals surface area (Å²) in [7, 11) is 0. The Balaban J connectivity index is 0.000000980. The van der Waals surface area contributed by atoms with Crippen LogP contribution in [-0.2, 0) is 12.6 Å². The maximum absolute atomic E-state index is 5.01. The van der Waals surface area contributed by atoms with Gasteiger partial charge in [-0.3, -0.25) is 0 Å². The van der Waals surface area contributed by atoms with Crippen LogP contribution in [0.15, 0.2) is 30.5 Å². The van der Waals surface area contributed by atoms with Crippen molar-refractivity contribution in [2.45, 2.75) is 6.04 Å². The van der Waals surface area contributed by atoms with Crippen LogP contribution in [0.3, 0.4) is 0 Å². The number of thiocarbonyl (C=S) groups is 1. The predicted octanol–water partition coefficient (Wildman–Crippen LogP) is -0.820. The number of nitrogens with one attached hydrogen (secondary N) is 1. The summed E-state index contributed by atoms with van der Waals surface area (Å²) in [6.07, 6.45) is 3.92. The van der Waals surface area contributed by atoms with E-state index in [0.29, 0.717) is 4.20 Å². The van der Waals surface area contributed by atoms with Gasteiger partial charge in [0, 0.05) is 0 Å². The molecule has 1 nitrogen and oxygen atoms in total. The molecule has 1 aliphatic rings. The fourth-order valence-electron chi connectivity index (χ4n) is 1.44. The molecule has 1 atom stereocenters. The fraction of sp³-hybridized carbons (Fsp3) is 0.100. The molecular weight excluding hydrogens is 221 g/mol. The summed E-state index contributed by atoms with van der Waals surface area (Å²) in [6.45, 7) is 0. The van der Waals surface area contributed by atoms with Crippen LogP contribution in [0.5, 0.6) is 0 Å². The first-order valence-electron chi connectivity index (χ1n) is 4.01. The number of rotatable bonds is 1. The van der Waals surface area contributed by atoms with Crippen LogP contribution < -0.4 is 34.9 Å². The summed E-state index contributed by atoms with van der Waals surface area (Å²) in [5, 5.41) is 3.15. The quantitative estimate of drug-likeness (QED) is 0.384. The number of hydrogen-bond acceptors (Lipinski definition) is 3. The minimum Gasteiger partial charge on any atom is -0.431 e. The van der Waals surface area contributed by atoms with Crippen molar-refractivity contribution in [1.82, 2.24) is 5.32 Å². The molecule has 0 spiro atoms. The Hall–Kier alpha value is 0.0700. The molecule has 1 N–H and O–H groups in total. The molecular formula is C10H8NNaS2. The van der Waals surface area contributed by atoms with E-state index in [4.69, 9.17) is 24.8 Å². The second-order valence-electron chi connectivity index (χ2n) is 2.88. The molecule has 0 fully saturated rings. The van der Waals surface area contributed by atoms with Gasteiger partial charge in [0.1, 0.15) is 0 Å². The molecule has 0 amide bonds. The van der Waals surface area contributed by atoms with Crippen molar-refractivity contribution >= 4 is 35.1 Å². The number of fused-ring (bicyclic) bond motifs is 1. The van der Waals surface area contributed by atoms with Crippen molar-refractivity contribution in [3.8, 4) is 0 Å². The first-order chi connectivity index (χ1) is 6.29. The van der Waals surface area contributed by atoms with Crippen molar-refractivity contribution in [3.63, 3.8) is 0 Å². The van der Waals surface area contributed by atoms with Crippen molar-refractivity contribution < 1.29 is 29.6 Å². The summed E-state index contributed by atoms with van der Waals surface area (Å²) < 4.78 is 0.566. The molecule has 2 rings (SSSR count). The largest absolute Gasteiger partial charge is 1.00 e.